The van der Waals surface area contributed by atoms with Crippen molar-refractivity contribution < 1.29 is 17.9 Å². The zero-order chi connectivity index (χ0) is 17.7. The lowest BCUT2D eigenvalue weighted by Crippen LogP contribution is -2.16. The highest BCUT2D eigenvalue weighted by Gasteiger charge is 2.13. The molecule has 3 N–H and O–H groups in total. The highest BCUT2D eigenvalue weighted by atomic mass is 32.2. The number of nitrogens with one attached hydrogen (secondary N) is 1. The molecule has 0 bridgehead atoms. The molecule has 0 atom stereocenters. The molecule has 0 saturated heterocycles. The number of aryl methyl sites for hydroxylation is 2. The Hall–Kier alpha value is -2.38. The number of hydrogen-bond donors (Lipinski definition) is 2. The van der Waals surface area contributed by atoms with Gasteiger partial charge in [-0.25, -0.2) is 13.6 Å². The normalized spacial score (nSPS) is 11.1. The average Bonchev–Trinajstić information content (AvgIpc) is 2.54. The molecule has 0 unspecified atom stereocenters. The maximum atomic E-state index is 12.0. The predicted molar refractivity (Wildman–Crippen MR) is 92.5 cm³/mol. The molecule has 0 aromatic heterocycles. The lowest BCUT2D eigenvalue weighted by atomic mass is 10.1. The number of sulfonamides is 1. The van der Waals surface area contributed by atoms with Crippen LogP contribution in [0.15, 0.2) is 47.4 Å². The van der Waals surface area contributed by atoms with Crippen molar-refractivity contribution in [2.45, 2.75) is 24.7 Å². The summed E-state index contributed by atoms with van der Waals surface area (Å²) in [5, 5.41) is 7.86. The van der Waals surface area contributed by atoms with Crippen molar-refractivity contribution in [2.24, 2.45) is 5.14 Å². The summed E-state index contributed by atoms with van der Waals surface area (Å²) in [6.45, 7) is 1.65. The maximum Gasteiger partial charge on any atom is 0.238 e. The SMILES string of the molecule is COc1ccc(CCC(=O)Nc2ccc(C)c(S(N)(=O)=O)c2)cc1. The molecular formula is C17H20N2O4S. The van der Waals surface area contributed by atoms with Crippen molar-refractivity contribution in [3.05, 3.63) is 53.6 Å². The number of methoxy groups -OCH3 is 1. The Morgan fingerprint density at radius 1 is 1.17 bits per heavy atom. The van der Waals surface area contributed by atoms with Crippen molar-refractivity contribution in [3.8, 4) is 5.75 Å². The number of nitrogens with two attached hydrogens (primary N) is 1. The van der Waals surface area contributed by atoms with Crippen LogP contribution in [0.25, 0.3) is 0 Å². The van der Waals surface area contributed by atoms with Gasteiger partial charge in [0.05, 0.1) is 12.0 Å². The van der Waals surface area contributed by atoms with Crippen molar-refractivity contribution in [1.82, 2.24) is 0 Å². The third-order valence-corrected chi connectivity index (χ3v) is 4.63. The van der Waals surface area contributed by atoms with E-state index in [4.69, 9.17) is 9.88 Å². The third-order valence-electron chi connectivity index (χ3n) is 3.58. The van der Waals surface area contributed by atoms with E-state index in [0.29, 0.717) is 17.7 Å². The second kappa shape index (κ2) is 7.46. The summed E-state index contributed by atoms with van der Waals surface area (Å²) < 4.78 is 28.1. The second-order valence-electron chi connectivity index (χ2n) is 5.42. The summed E-state index contributed by atoms with van der Waals surface area (Å²) in [6.07, 6.45) is 0.856. The summed E-state index contributed by atoms with van der Waals surface area (Å²) in [5.74, 6) is 0.563. The van der Waals surface area contributed by atoms with Crippen LogP contribution in [0.5, 0.6) is 5.75 Å². The van der Waals surface area contributed by atoms with E-state index in [0.717, 1.165) is 11.3 Å². The first-order valence-electron chi connectivity index (χ1n) is 7.36. The Morgan fingerprint density at radius 2 is 1.83 bits per heavy atom. The lowest BCUT2D eigenvalue weighted by molar-refractivity contribution is -0.116. The first-order valence-corrected chi connectivity index (χ1v) is 8.90. The number of anilines is 1. The van der Waals surface area contributed by atoms with Crippen molar-refractivity contribution in [3.63, 3.8) is 0 Å². The Labute approximate surface area is 141 Å². The molecule has 0 radical (unpaired) electrons. The van der Waals surface area contributed by atoms with Crippen LogP contribution in [-0.2, 0) is 21.2 Å². The van der Waals surface area contributed by atoms with Gasteiger partial charge in [0, 0.05) is 12.1 Å². The smallest absolute Gasteiger partial charge is 0.238 e. The largest absolute Gasteiger partial charge is 0.497 e. The van der Waals surface area contributed by atoms with E-state index >= 15 is 0 Å². The minimum absolute atomic E-state index is 0.00968. The quantitative estimate of drug-likeness (QED) is 0.836. The topological polar surface area (TPSA) is 98.5 Å². The highest BCUT2D eigenvalue weighted by molar-refractivity contribution is 7.89. The Kier molecular flexibility index (Phi) is 5.58. The Morgan fingerprint density at radius 3 is 2.42 bits per heavy atom. The van der Waals surface area contributed by atoms with Crippen LogP contribution < -0.4 is 15.2 Å². The zero-order valence-corrected chi connectivity index (χ0v) is 14.4. The number of amides is 1. The van der Waals surface area contributed by atoms with Crippen LogP contribution in [0.2, 0.25) is 0 Å². The molecule has 0 aliphatic carbocycles. The summed E-state index contributed by atoms with van der Waals surface area (Å²) >= 11 is 0. The van der Waals surface area contributed by atoms with Gasteiger partial charge < -0.3 is 10.1 Å². The molecule has 2 aromatic carbocycles. The van der Waals surface area contributed by atoms with Crippen molar-refractivity contribution >= 4 is 21.6 Å². The first kappa shape index (κ1) is 18.0. The van der Waals surface area contributed by atoms with Crippen LogP contribution in [0.1, 0.15) is 17.5 Å². The van der Waals surface area contributed by atoms with Crippen molar-refractivity contribution in [1.29, 1.82) is 0 Å². The van der Waals surface area contributed by atoms with E-state index < -0.39 is 10.0 Å². The van der Waals surface area contributed by atoms with Gasteiger partial charge in [-0.05, 0) is 48.7 Å². The molecule has 2 aromatic rings. The van der Waals surface area contributed by atoms with E-state index in [2.05, 4.69) is 5.32 Å². The van der Waals surface area contributed by atoms with Crippen molar-refractivity contribution in [2.75, 3.05) is 12.4 Å². The lowest BCUT2D eigenvalue weighted by Gasteiger charge is -2.09. The third kappa shape index (κ3) is 4.81. The highest BCUT2D eigenvalue weighted by Crippen LogP contribution is 2.19. The average molecular weight is 348 g/mol. The summed E-state index contributed by atoms with van der Waals surface area (Å²) in [4.78, 5) is 12.0. The van der Waals surface area contributed by atoms with Crippen LogP contribution in [0.3, 0.4) is 0 Å². The van der Waals surface area contributed by atoms with Gasteiger partial charge in [-0.3, -0.25) is 4.79 Å². The number of ether oxygens (including phenoxy) is 1. The summed E-state index contributed by atoms with van der Waals surface area (Å²) in [7, 11) is -2.22. The minimum Gasteiger partial charge on any atom is -0.497 e. The monoisotopic (exact) mass is 348 g/mol. The fourth-order valence-corrected chi connectivity index (χ4v) is 3.07. The molecule has 128 valence electrons. The number of rotatable bonds is 6. The van der Waals surface area contributed by atoms with E-state index in [1.165, 1.54) is 6.07 Å². The summed E-state index contributed by atoms with van der Waals surface area (Å²) in [6, 6.07) is 12.1. The molecule has 0 spiro atoms. The van der Waals surface area contributed by atoms with Crippen LogP contribution in [-0.4, -0.2) is 21.4 Å². The van der Waals surface area contributed by atoms with E-state index in [9.17, 15) is 13.2 Å². The fourth-order valence-electron chi connectivity index (χ4n) is 2.26. The molecule has 0 aliphatic heterocycles. The molecular weight excluding hydrogens is 328 g/mol. The summed E-state index contributed by atoms with van der Waals surface area (Å²) in [5.41, 5.74) is 1.96. The number of benzene rings is 2. The van der Waals surface area contributed by atoms with E-state index in [1.54, 1.807) is 26.2 Å². The molecule has 0 saturated carbocycles. The number of primary sulfonamides is 1. The van der Waals surface area contributed by atoms with E-state index in [-0.39, 0.29) is 17.2 Å². The molecule has 7 heteroatoms. The van der Waals surface area contributed by atoms with Gasteiger partial charge in [0.15, 0.2) is 0 Å². The molecule has 0 heterocycles. The van der Waals surface area contributed by atoms with Crippen LogP contribution in [0.4, 0.5) is 5.69 Å². The molecule has 0 aliphatic rings. The maximum absolute atomic E-state index is 12.0. The van der Waals surface area contributed by atoms with Gasteiger partial charge >= 0.3 is 0 Å². The second-order valence-corrected chi connectivity index (χ2v) is 6.95. The van der Waals surface area contributed by atoms with Gasteiger partial charge in [0.25, 0.3) is 0 Å². The molecule has 6 nitrogen and oxygen atoms in total. The van der Waals surface area contributed by atoms with Gasteiger partial charge in [0.1, 0.15) is 5.75 Å². The number of hydrogen-bond acceptors (Lipinski definition) is 4. The first-order chi connectivity index (χ1) is 11.3. The minimum atomic E-state index is -3.82. The standard InChI is InChI=1S/C17H20N2O4S/c1-12-3-7-14(11-16(12)24(18,21)22)19-17(20)10-6-13-4-8-15(23-2)9-5-13/h3-5,7-9,11H,6,10H2,1-2H3,(H,19,20)(H2,18,21,22). The number of carbonyl (C=O) groups excluding carboxylic acids is 1. The van der Waals surface area contributed by atoms with Gasteiger partial charge in [-0.15, -0.1) is 0 Å². The Bertz CT molecular complexity index is 830. The van der Waals surface area contributed by atoms with Gasteiger partial charge in [-0.2, -0.15) is 0 Å². The molecule has 2 rings (SSSR count). The predicted octanol–water partition coefficient (Wildman–Crippen LogP) is 2.22. The van der Waals surface area contributed by atoms with Crippen LogP contribution in [0, 0.1) is 6.92 Å². The molecule has 0 fully saturated rings. The number of carbonyl (C=O) groups is 1. The zero-order valence-electron chi connectivity index (χ0n) is 13.6. The molecule has 1 amide bonds. The molecule has 24 heavy (non-hydrogen) atoms. The van der Waals surface area contributed by atoms with Gasteiger partial charge in [0.2, 0.25) is 15.9 Å². The van der Waals surface area contributed by atoms with E-state index in [1.807, 2.05) is 24.3 Å². The fraction of sp³-hybridized carbons (Fsp3) is 0.235. The van der Waals surface area contributed by atoms with Gasteiger partial charge in [-0.1, -0.05) is 18.2 Å². The Balaban J connectivity index is 1.99. The van der Waals surface area contributed by atoms with Crippen LogP contribution >= 0.6 is 0 Å².